The highest BCUT2D eigenvalue weighted by Gasteiger charge is 2.09. The Labute approximate surface area is 110 Å². The first-order valence-electron chi connectivity index (χ1n) is 6.60. The molecule has 0 heterocycles. The van der Waals surface area contributed by atoms with Gasteiger partial charge in [-0.3, -0.25) is 0 Å². The van der Waals surface area contributed by atoms with Crippen LogP contribution in [-0.4, -0.2) is 19.8 Å². The van der Waals surface area contributed by atoms with E-state index in [2.05, 4.69) is 31.3 Å². The van der Waals surface area contributed by atoms with Gasteiger partial charge in [-0.05, 0) is 45.0 Å². The van der Waals surface area contributed by atoms with Crippen LogP contribution in [0.25, 0.3) is 0 Å². The van der Waals surface area contributed by atoms with Crippen LogP contribution in [0.2, 0.25) is 0 Å². The molecule has 18 heavy (non-hydrogen) atoms. The van der Waals surface area contributed by atoms with Gasteiger partial charge in [0.25, 0.3) is 0 Å². The molecule has 0 saturated heterocycles. The maximum Gasteiger partial charge on any atom is 0.124 e. The van der Waals surface area contributed by atoms with Crippen LogP contribution < -0.4 is 10.1 Å². The molecule has 0 saturated carbocycles. The molecule has 1 unspecified atom stereocenters. The van der Waals surface area contributed by atoms with Crippen LogP contribution in [0.3, 0.4) is 0 Å². The lowest BCUT2D eigenvalue weighted by molar-refractivity contribution is 0.0644. The molecule has 0 fully saturated rings. The lowest BCUT2D eigenvalue weighted by Gasteiger charge is -2.17. The molecule has 0 aromatic heterocycles. The predicted octanol–water partition coefficient (Wildman–Crippen LogP) is 3.29. The second kappa shape index (κ2) is 7.39. The standard InChI is InChI=1S/C15H25NO2/c1-6-16-12(4)13-7-8-15(17-5)14(9-13)10-18-11(2)3/h7-9,11-12,16H,6,10H2,1-5H3. The Bertz CT molecular complexity index is 364. The lowest BCUT2D eigenvalue weighted by atomic mass is 10.0. The van der Waals surface area contributed by atoms with Gasteiger partial charge in [0, 0.05) is 11.6 Å². The summed E-state index contributed by atoms with van der Waals surface area (Å²) >= 11 is 0. The van der Waals surface area contributed by atoms with Crippen molar-refractivity contribution in [2.75, 3.05) is 13.7 Å². The normalized spacial score (nSPS) is 12.8. The highest BCUT2D eigenvalue weighted by Crippen LogP contribution is 2.24. The number of nitrogens with one attached hydrogen (secondary N) is 1. The van der Waals surface area contributed by atoms with Crippen molar-refractivity contribution in [2.24, 2.45) is 0 Å². The predicted molar refractivity (Wildman–Crippen MR) is 75.0 cm³/mol. The monoisotopic (exact) mass is 251 g/mol. The fraction of sp³-hybridized carbons (Fsp3) is 0.600. The second-order valence-electron chi connectivity index (χ2n) is 4.71. The molecule has 0 radical (unpaired) electrons. The van der Waals surface area contributed by atoms with Crippen molar-refractivity contribution in [3.05, 3.63) is 29.3 Å². The van der Waals surface area contributed by atoms with E-state index in [0.717, 1.165) is 17.9 Å². The third-order valence-corrected chi connectivity index (χ3v) is 2.89. The van der Waals surface area contributed by atoms with Gasteiger partial charge in [-0.15, -0.1) is 0 Å². The van der Waals surface area contributed by atoms with E-state index < -0.39 is 0 Å². The fourth-order valence-electron chi connectivity index (χ4n) is 1.86. The van der Waals surface area contributed by atoms with Crippen molar-refractivity contribution in [3.63, 3.8) is 0 Å². The fourth-order valence-corrected chi connectivity index (χ4v) is 1.86. The summed E-state index contributed by atoms with van der Waals surface area (Å²) < 4.78 is 11.0. The summed E-state index contributed by atoms with van der Waals surface area (Å²) in [5.74, 6) is 0.892. The molecule has 0 aliphatic carbocycles. The van der Waals surface area contributed by atoms with Crippen molar-refractivity contribution in [3.8, 4) is 5.75 Å². The number of hydrogen-bond acceptors (Lipinski definition) is 3. The summed E-state index contributed by atoms with van der Waals surface area (Å²) in [6, 6.07) is 6.63. The maximum absolute atomic E-state index is 5.66. The summed E-state index contributed by atoms with van der Waals surface area (Å²) in [6.07, 6.45) is 0.226. The van der Waals surface area contributed by atoms with Gasteiger partial charge >= 0.3 is 0 Å². The zero-order valence-corrected chi connectivity index (χ0v) is 12.1. The average Bonchev–Trinajstić information content (AvgIpc) is 2.36. The second-order valence-corrected chi connectivity index (χ2v) is 4.71. The molecule has 0 amide bonds. The molecule has 102 valence electrons. The van der Waals surface area contributed by atoms with E-state index in [1.165, 1.54) is 5.56 Å². The first-order valence-corrected chi connectivity index (χ1v) is 6.60. The van der Waals surface area contributed by atoms with Crippen LogP contribution >= 0.6 is 0 Å². The van der Waals surface area contributed by atoms with Crippen LogP contribution in [0.4, 0.5) is 0 Å². The Kier molecular flexibility index (Phi) is 6.16. The lowest BCUT2D eigenvalue weighted by Crippen LogP contribution is -2.18. The molecular formula is C15H25NO2. The highest BCUT2D eigenvalue weighted by atomic mass is 16.5. The molecule has 1 aromatic carbocycles. The van der Waals surface area contributed by atoms with E-state index in [9.17, 15) is 0 Å². The van der Waals surface area contributed by atoms with Gasteiger partial charge in [-0.2, -0.15) is 0 Å². The molecule has 0 aliphatic heterocycles. The van der Waals surface area contributed by atoms with E-state index >= 15 is 0 Å². The number of methoxy groups -OCH3 is 1. The third-order valence-electron chi connectivity index (χ3n) is 2.89. The van der Waals surface area contributed by atoms with Gasteiger partial charge in [-0.1, -0.05) is 13.0 Å². The quantitative estimate of drug-likeness (QED) is 0.806. The summed E-state index contributed by atoms with van der Waals surface area (Å²) in [5, 5.41) is 3.41. The molecule has 0 bridgehead atoms. The smallest absolute Gasteiger partial charge is 0.124 e. The first-order chi connectivity index (χ1) is 8.58. The molecule has 0 aliphatic rings. The van der Waals surface area contributed by atoms with Crippen LogP contribution in [0, 0.1) is 0 Å². The minimum atomic E-state index is 0.226. The third kappa shape index (κ3) is 4.31. The van der Waals surface area contributed by atoms with Gasteiger partial charge in [0.05, 0.1) is 19.8 Å². The van der Waals surface area contributed by atoms with Crippen LogP contribution in [0.1, 0.15) is 44.9 Å². The van der Waals surface area contributed by atoms with Gasteiger partial charge in [0.15, 0.2) is 0 Å². The van der Waals surface area contributed by atoms with Crippen molar-refractivity contribution < 1.29 is 9.47 Å². The first kappa shape index (κ1) is 15.0. The topological polar surface area (TPSA) is 30.5 Å². The van der Waals surface area contributed by atoms with E-state index in [0.29, 0.717) is 12.6 Å². The Balaban J connectivity index is 2.87. The number of rotatable bonds is 7. The van der Waals surface area contributed by atoms with Crippen molar-refractivity contribution in [1.29, 1.82) is 0 Å². The zero-order valence-electron chi connectivity index (χ0n) is 12.1. The van der Waals surface area contributed by atoms with E-state index in [4.69, 9.17) is 9.47 Å². The summed E-state index contributed by atoms with van der Waals surface area (Å²) in [4.78, 5) is 0. The van der Waals surface area contributed by atoms with E-state index in [1.807, 2.05) is 19.9 Å². The van der Waals surface area contributed by atoms with Gasteiger partial charge < -0.3 is 14.8 Å². The number of hydrogen-bond donors (Lipinski definition) is 1. The van der Waals surface area contributed by atoms with Crippen molar-refractivity contribution >= 4 is 0 Å². The summed E-state index contributed by atoms with van der Waals surface area (Å²) in [5.41, 5.74) is 2.37. The van der Waals surface area contributed by atoms with Crippen molar-refractivity contribution in [1.82, 2.24) is 5.32 Å². The van der Waals surface area contributed by atoms with Crippen LogP contribution in [0.5, 0.6) is 5.75 Å². The Morgan fingerprint density at radius 2 is 1.94 bits per heavy atom. The van der Waals surface area contributed by atoms with Crippen LogP contribution in [-0.2, 0) is 11.3 Å². The average molecular weight is 251 g/mol. The molecular weight excluding hydrogens is 226 g/mol. The Morgan fingerprint density at radius 1 is 1.22 bits per heavy atom. The van der Waals surface area contributed by atoms with Crippen LogP contribution in [0.15, 0.2) is 18.2 Å². The zero-order chi connectivity index (χ0) is 13.5. The largest absolute Gasteiger partial charge is 0.496 e. The van der Waals surface area contributed by atoms with E-state index in [1.54, 1.807) is 7.11 Å². The van der Waals surface area contributed by atoms with Gasteiger partial charge in [0.2, 0.25) is 0 Å². The maximum atomic E-state index is 5.66. The highest BCUT2D eigenvalue weighted by molar-refractivity contribution is 5.38. The van der Waals surface area contributed by atoms with Gasteiger partial charge in [-0.25, -0.2) is 0 Å². The van der Waals surface area contributed by atoms with E-state index in [-0.39, 0.29) is 6.10 Å². The number of benzene rings is 1. The minimum Gasteiger partial charge on any atom is -0.496 e. The molecule has 0 spiro atoms. The molecule has 1 rings (SSSR count). The molecule has 3 heteroatoms. The summed E-state index contributed by atoms with van der Waals surface area (Å²) in [6.45, 7) is 9.91. The Hall–Kier alpha value is -1.06. The molecule has 1 N–H and O–H groups in total. The molecule has 3 nitrogen and oxygen atoms in total. The van der Waals surface area contributed by atoms with Gasteiger partial charge in [0.1, 0.15) is 5.75 Å². The number of ether oxygens (including phenoxy) is 2. The van der Waals surface area contributed by atoms with Crippen molar-refractivity contribution in [2.45, 2.75) is 46.4 Å². The SMILES string of the molecule is CCNC(C)c1ccc(OC)c(COC(C)C)c1. The molecule has 1 atom stereocenters. The minimum absolute atomic E-state index is 0.226. The summed E-state index contributed by atoms with van der Waals surface area (Å²) in [7, 11) is 1.70. The molecule has 1 aromatic rings. The Morgan fingerprint density at radius 3 is 2.50 bits per heavy atom.